The van der Waals surface area contributed by atoms with Crippen LogP contribution in [-0.2, 0) is 5.75 Å². The summed E-state index contributed by atoms with van der Waals surface area (Å²) in [5.74, 6) is 3.03. The van der Waals surface area contributed by atoms with E-state index in [2.05, 4.69) is 44.4 Å². The molecule has 0 aliphatic heterocycles. The van der Waals surface area contributed by atoms with Gasteiger partial charge in [0.1, 0.15) is 5.75 Å². The molecule has 0 amide bonds. The van der Waals surface area contributed by atoms with Crippen molar-refractivity contribution in [3.8, 4) is 34.2 Å². The van der Waals surface area contributed by atoms with Crippen molar-refractivity contribution < 1.29 is 9.26 Å². The first kappa shape index (κ1) is 20.9. The van der Waals surface area contributed by atoms with Gasteiger partial charge in [-0.3, -0.25) is 9.55 Å². The molecule has 164 valence electrons. The number of hydrogen-bond donors (Lipinski definition) is 0. The van der Waals surface area contributed by atoms with Gasteiger partial charge < -0.3 is 9.26 Å². The number of nitrogens with zero attached hydrogens (tertiary/aromatic N) is 6. The van der Waals surface area contributed by atoms with Crippen molar-refractivity contribution in [3.05, 3.63) is 84.5 Å². The van der Waals surface area contributed by atoms with E-state index in [0.29, 0.717) is 17.5 Å². The molecule has 0 aliphatic carbocycles. The van der Waals surface area contributed by atoms with Gasteiger partial charge in [0.2, 0.25) is 11.7 Å². The Bertz CT molecular complexity index is 1370. The second-order valence-electron chi connectivity index (χ2n) is 7.25. The summed E-state index contributed by atoms with van der Waals surface area (Å²) in [7, 11) is 1.63. The van der Waals surface area contributed by atoms with Gasteiger partial charge in [0, 0.05) is 29.2 Å². The molecule has 9 heteroatoms. The first-order valence-corrected chi connectivity index (χ1v) is 11.2. The van der Waals surface area contributed by atoms with E-state index in [1.54, 1.807) is 19.5 Å². The summed E-state index contributed by atoms with van der Waals surface area (Å²) in [5.41, 5.74) is 3.93. The predicted molar refractivity (Wildman–Crippen MR) is 125 cm³/mol. The van der Waals surface area contributed by atoms with Gasteiger partial charge in [0.05, 0.1) is 12.9 Å². The maximum Gasteiger partial charge on any atom is 0.237 e. The molecule has 3 heterocycles. The molecule has 2 aromatic carbocycles. The highest BCUT2D eigenvalue weighted by Crippen LogP contribution is 2.30. The number of hydrogen-bond acceptors (Lipinski definition) is 8. The van der Waals surface area contributed by atoms with Crippen LogP contribution in [0.25, 0.3) is 28.5 Å². The van der Waals surface area contributed by atoms with Crippen LogP contribution < -0.4 is 4.74 Å². The summed E-state index contributed by atoms with van der Waals surface area (Å²) in [6.45, 7) is 2.06. The van der Waals surface area contributed by atoms with Crippen molar-refractivity contribution in [1.29, 1.82) is 0 Å². The normalized spacial score (nSPS) is 11.0. The number of aryl methyl sites for hydroxylation is 1. The van der Waals surface area contributed by atoms with Crippen LogP contribution in [0.3, 0.4) is 0 Å². The van der Waals surface area contributed by atoms with Crippen molar-refractivity contribution in [2.75, 3.05) is 7.11 Å². The first-order valence-electron chi connectivity index (χ1n) is 10.2. The number of benzene rings is 2. The number of thioether (sulfide) groups is 1. The van der Waals surface area contributed by atoms with Crippen LogP contribution in [0, 0.1) is 6.92 Å². The molecule has 5 aromatic rings. The SMILES string of the molecule is COc1ccc(-c2noc(CSc3nnc(-c4ccncc4)n3-c3cccc(C)c3)n2)cc1. The second-order valence-corrected chi connectivity index (χ2v) is 8.19. The molecule has 5 rings (SSSR count). The molecule has 0 bridgehead atoms. The lowest BCUT2D eigenvalue weighted by Gasteiger charge is -2.10. The van der Waals surface area contributed by atoms with Crippen LogP contribution >= 0.6 is 11.8 Å². The fourth-order valence-electron chi connectivity index (χ4n) is 3.35. The highest BCUT2D eigenvalue weighted by Gasteiger charge is 2.18. The Morgan fingerprint density at radius 1 is 0.970 bits per heavy atom. The Balaban J connectivity index is 1.42. The molecule has 0 atom stereocenters. The number of ether oxygens (including phenoxy) is 1. The minimum Gasteiger partial charge on any atom is -0.497 e. The Hall–Kier alpha value is -3.98. The Labute approximate surface area is 194 Å². The summed E-state index contributed by atoms with van der Waals surface area (Å²) >= 11 is 1.49. The van der Waals surface area contributed by atoms with Gasteiger partial charge in [0.25, 0.3) is 0 Å². The highest BCUT2D eigenvalue weighted by molar-refractivity contribution is 7.98. The lowest BCUT2D eigenvalue weighted by atomic mass is 10.2. The molecular formula is C24H20N6O2S. The molecule has 0 aliphatic rings. The van der Waals surface area contributed by atoms with Gasteiger partial charge in [-0.05, 0) is 61.0 Å². The maximum atomic E-state index is 5.47. The van der Waals surface area contributed by atoms with Gasteiger partial charge in [-0.15, -0.1) is 10.2 Å². The van der Waals surface area contributed by atoms with E-state index >= 15 is 0 Å². The number of aromatic nitrogens is 6. The summed E-state index contributed by atoms with van der Waals surface area (Å²) in [5, 5.41) is 13.8. The molecule has 0 unspecified atom stereocenters. The average molecular weight is 457 g/mol. The van der Waals surface area contributed by atoms with Crippen molar-refractivity contribution in [2.45, 2.75) is 17.8 Å². The lowest BCUT2D eigenvalue weighted by Crippen LogP contribution is -2.00. The molecule has 0 saturated heterocycles. The molecule has 0 N–H and O–H groups in total. The minimum atomic E-state index is 0.462. The van der Waals surface area contributed by atoms with Crippen LogP contribution in [0.15, 0.2) is 82.7 Å². The summed E-state index contributed by atoms with van der Waals surface area (Å²) in [6, 6.07) is 19.6. The van der Waals surface area contributed by atoms with Gasteiger partial charge in [0.15, 0.2) is 11.0 Å². The van der Waals surface area contributed by atoms with Gasteiger partial charge in [-0.25, -0.2) is 0 Å². The van der Waals surface area contributed by atoms with Gasteiger partial charge in [-0.1, -0.05) is 29.1 Å². The summed E-state index contributed by atoms with van der Waals surface area (Å²) < 4.78 is 12.7. The van der Waals surface area contributed by atoms with E-state index in [4.69, 9.17) is 9.26 Å². The van der Waals surface area contributed by atoms with E-state index in [1.165, 1.54) is 11.8 Å². The quantitative estimate of drug-likeness (QED) is 0.316. The predicted octanol–water partition coefficient (Wildman–Crippen LogP) is 4.99. The molecule has 33 heavy (non-hydrogen) atoms. The summed E-state index contributed by atoms with van der Waals surface area (Å²) in [6.07, 6.45) is 3.49. The summed E-state index contributed by atoms with van der Waals surface area (Å²) in [4.78, 5) is 8.64. The fraction of sp³-hybridized carbons (Fsp3) is 0.125. The Morgan fingerprint density at radius 3 is 2.55 bits per heavy atom. The molecule has 8 nitrogen and oxygen atoms in total. The number of rotatable bonds is 7. The molecule has 0 saturated carbocycles. The zero-order valence-corrected chi connectivity index (χ0v) is 18.9. The lowest BCUT2D eigenvalue weighted by molar-refractivity contribution is 0.391. The zero-order chi connectivity index (χ0) is 22.6. The molecule has 3 aromatic heterocycles. The first-order chi connectivity index (χ1) is 16.2. The Kier molecular flexibility index (Phi) is 5.86. The number of methoxy groups -OCH3 is 1. The van der Waals surface area contributed by atoms with Crippen LogP contribution in [0.2, 0.25) is 0 Å². The van der Waals surface area contributed by atoms with Crippen molar-refractivity contribution in [3.63, 3.8) is 0 Å². The van der Waals surface area contributed by atoms with E-state index in [1.807, 2.05) is 53.1 Å². The van der Waals surface area contributed by atoms with E-state index in [-0.39, 0.29) is 0 Å². The highest BCUT2D eigenvalue weighted by atomic mass is 32.2. The van der Waals surface area contributed by atoms with Crippen LogP contribution in [0.5, 0.6) is 5.75 Å². The molecular weight excluding hydrogens is 436 g/mol. The topological polar surface area (TPSA) is 91.8 Å². The largest absolute Gasteiger partial charge is 0.497 e. The van der Waals surface area contributed by atoms with E-state index in [0.717, 1.165) is 39.1 Å². The molecule has 0 radical (unpaired) electrons. The van der Waals surface area contributed by atoms with Crippen LogP contribution in [0.4, 0.5) is 0 Å². The standard InChI is InChI=1S/C24H20N6O2S/c1-16-4-3-5-19(14-16)30-23(18-10-12-25-13-11-18)27-28-24(30)33-15-21-26-22(29-32-21)17-6-8-20(31-2)9-7-17/h3-14H,15H2,1-2H3. The van der Waals surface area contributed by atoms with E-state index < -0.39 is 0 Å². The second kappa shape index (κ2) is 9.25. The molecule has 0 spiro atoms. The van der Waals surface area contributed by atoms with Crippen LogP contribution in [-0.4, -0.2) is 37.0 Å². The third kappa shape index (κ3) is 4.49. The zero-order valence-electron chi connectivity index (χ0n) is 18.0. The minimum absolute atomic E-state index is 0.462. The van der Waals surface area contributed by atoms with Crippen molar-refractivity contribution in [1.82, 2.24) is 29.9 Å². The smallest absolute Gasteiger partial charge is 0.237 e. The third-order valence-electron chi connectivity index (χ3n) is 4.97. The monoisotopic (exact) mass is 456 g/mol. The fourth-order valence-corrected chi connectivity index (χ4v) is 4.14. The van der Waals surface area contributed by atoms with E-state index in [9.17, 15) is 0 Å². The average Bonchev–Trinajstić information content (AvgIpc) is 3.51. The van der Waals surface area contributed by atoms with Crippen LogP contribution in [0.1, 0.15) is 11.5 Å². The third-order valence-corrected chi connectivity index (χ3v) is 5.89. The van der Waals surface area contributed by atoms with Crippen molar-refractivity contribution in [2.24, 2.45) is 0 Å². The maximum absolute atomic E-state index is 5.47. The van der Waals surface area contributed by atoms with Crippen molar-refractivity contribution >= 4 is 11.8 Å². The van der Waals surface area contributed by atoms with Gasteiger partial charge >= 0.3 is 0 Å². The van der Waals surface area contributed by atoms with Gasteiger partial charge in [-0.2, -0.15) is 4.98 Å². The Morgan fingerprint density at radius 2 is 1.79 bits per heavy atom. The molecule has 0 fully saturated rings. The number of pyridine rings is 1.